The third-order valence-corrected chi connectivity index (χ3v) is 11.8. The molecule has 1 heterocycles. The molecule has 300 valence electrons. The van der Waals surface area contributed by atoms with Crippen LogP contribution in [0.3, 0.4) is 0 Å². The largest absolute Gasteiger partial charge is 0.390 e. The molecule has 0 fully saturated rings. The highest BCUT2D eigenvalue weighted by molar-refractivity contribution is 5.28. The Morgan fingerprint density at radius 2 is 0.784 bits per heavy atom. The normalized spacial score (nSPS) is 12.0. The summed E-state index contributed by atoms with van der Waals surface area (Å²) in [5, 5.41) is 3.21. The summed E-state index contributed by atoms with van der Waals surface area (Å²) in [6, 6.07) is 0. The van der Waals surface area contributed by atoms with Gasteiger partial charge in [-0.25, -0.2) is 4.79 Å². The number of aromatic nitrogens is 1. The lowest BCUT2D eigenvalue weighted by Crippen LogP contribution is -2.65. The molecule has 1 N–H and O–H groups in total. The molecule has 0 unspecified atom stereocenters. The highest BCUT2D eigenvalue weighted by Crippen LogP contribution is 2.25. The number of nitrogens with zero attached hydrogens (tertiary/aromatic N) is 2. The second-order valence-electron chi connectivity index (χ2n) is 16.6. The maximum Gasteiger partial charge on any atom is 0.390 e. The van der Waals surface area contributed by atoms with Crippen LogP contribution in [-0.4, -0.2) is 31.1 Å². The molecule has 0 bridgehead atoms. The summed E-state index contributed by atoms with van der Waals surface area (Å²) in [6.45, 7) is 13.5. The standard InChI is InChI=1S/C46H89N3O2/c1-6-10-14-25-34-43(35-26-15-11-7-2)37-28-22-18-20-24-30-40-49(41-31-38-47-45-44(50)46(51)48(45)5)39-29-23-19-16-17-21-27-36-42(32-12-8-3)33-13-9-4/h42-43H,6-41H2,1-5H3/p+1. The maximum absolute atomic E-state index is 11.8. The molecule has 1 aromatic heterocycles. The molecule has 0 radical (unpaired) electrons. The van der Waals surface area contributed by atoms with Crippen LogP contribution in [0.25, 0.3) is 0 Å². The first kappa shape index (κ1) is 47.8. The van der Waals surface area contributed by atoms with Gasteiger partial charge in [0.25, 0.3) is 0 Å². The lowest BCUT2D eigenvalue weighted by molar-refractivity contribution is -0.685. The molecule has 0 aliphatic carbocycles. The highest BCUT2D eigenvalue weighted by atomic mass is 16.2. The summed E-state index contributed by atoms with van der Waals surface area (Å²) in [5.41, 5.74) is -0.761. The number of nitrogens with one attached hydrogen (secondary N) is 1. The van der Waals surface area contributed by atoms with E-state index in [0.29, 0.717) is 5.82 Å². The predicted octanol–water partition coefficient (Wildman–Crippen LogP) is 12.6. The Balaban J connectivity index is 2.31. The molecular weight excluding hydrogens is 627 g/mol. The third kappa shape index (κ3) is 25.4. The highest BCUT2D eigenvalue weighted by Gasteiger charge is 2.24. The Morgan fingerprint density at radius 1 is 0.451 bits per heavy atom. The van der Waals surface area contributed by atoms with Gasteiger partial charge in [0.05, 0.1) is 13.6 Å². The van der Waals surface area contributed by atoms with E-state index in [-0.39, 0.29) is 5.43 Å². The lowest BCUT2D eigenvalue weighted by atomic mass is 9.89. The zero-order chi connectivity index (χ0) is 37.2. The van der Waals surface area contributed by atoms with Crippen molar-refractivity contribution in [2.45, 2.75) is 233 Å². The maximum atomic E-state index is 11.8. The topological polar surface area (TPSA) is 53.3 Å². The van der Waals surface area contributed by atoms with Gasteiger partial charge in [-0.2, -0.15) is 4.57 Å². The van der Waals surface area contributed by atoms with Gasteiger partial charge in [0, 0.05) is 6.54 Å². The molecule has 1 aromatic rings. The van der Waals surface area contributed by atoms with Crippen molar-refractivity contribution in [2.24, 2.45) is 18.9 Å². The van der Waals surface area contributed by atoms with Crippen molar-refractivity contribution in [3.63, 3.8) is 0 Å². The fourth-order valence-electron chi connectivity index (χ4n) is 8.20. The van der Waals surface area contributed by atoms with Gasteiger partial charge in [0.1, 0.15) is 0 Å². The summed E-state index contributed by atoms with van der Waals surface area (Å²) < 4.78 is 1.44. The first-order chi connectivity index (χ1) is 25.0. The fraction of sp³-hybridized carbons (Fsp3) is 0.935. The van der Waals surface area contributed by atoms with E-state index in [1.165, 1.54) is 217 Å². The molecule has 0 aliphatic heterocycles. The quantitative estimate of drug-likeness (QED) is 0.0417. The van der Waals surface area contributed by atoms with Crippen LogP contribution in [0.2, 0.25) is 0 Å². The van der Waals surface area contributed by atoms with Crippen molar-refractivity contribution in [1.29, 1.82) is 0 Å². The molecule has 5 nitrogen and oxygen atoms in total. The summed E-state index contributed by atoms with van der Waals surface area (Å²) in [4.78, 5) is 26.0. The summed E-state index contributed by atoms with van der Waals surface area (Å²) >= 11 is 0. The van der Waals surface area contributed by atoms with Crippen molar-refractivity contribution in [1.82, 2.24) is 4.90 Å². The molecular formula is C46H90N3O2+. The molecule has 5 heteroatoms. The van der Waals surface area contributed by atoms with Crippen LogP contribution in [0.1, 0.15) is 233 Å². The van der Waals surface area contributed by atoms with Crippen LogP contribution in [0, 0.1) is 11.8 Å². The Labute approximate surface area is 318 Å². The Bertz CT molecular complexity index is 935. The first-order valence-corrected chi connectivity index (χ1v) is 23.1. The third-order valence-electron chi connectivity index (χ3n) is 11.8. The molecule has 51 heavy (non-hydrogen) atoms. The molecule has 0 spiro atoms. The summed E-state index contributed by atoms with van der Waals surface area (Å²) in [7, 11) is 1.68. The second-order valence-corrected chi connectivity index (χ2v) is 16.6. The van der Waals surface area contributed by atoms with Gasteiger partial charge in [-0.1, -0.05) is 214 Å². The van der Waals surface area contributed by atoms with Gasteiger partial charge in [-0.05, 0) is 44.2 Å². The Hall–Kier alpha value is -1.23. The summed E-state index contributed by atoms with van der Waals surface area (Å²) in [6.07, 6.45) is 44.6. The van der Waals surface area contributed by atoms with Crippen molar-refractivity contribution < 1.29 is 4.57 Å². The second kappa shape index (κ2) is 34.5. The van der Waals surface area contributed by atoms with Gasteiger partial charge in [0.2, 0.25) is 0 Å². The van der Waals surface area contributed by atoms with Gasteiger partial charge >= 0.3 is 16.8 Å². The van der Waals surface area contributed by atoms with Gasteiger partial charge in [0.15, 0.2) is 0 Å². The van der Waals surface area contributed by atoms with E-state index in [2.05, 4.69) is 37.9 Å². The van der Waals surface area contributed by atoms with Crippen molar-refractivity contribution in [3.8, 4) is 0 Å². The van der Waals surface area contributed by atoms with Crippen molar-refractivity contribution >= 4 is 5.82 Å². The van der Waals surface area contributed by atoms with Gasteiger partial charge in [-0.15, -0.1) is 0 Å². The van der Waals surface area contributed by atoms with Crippen LogP contribution in [-0.2, 0) is 7.05 Å². The number of anilines is 1. The smallest absolute Gasteiger partial charge is 0.303 e. The predicted molar refractivity (Wildman–Crippen MR) is 225 cm³/mol. The average molecular weight is 717 g/mol. The summed E-state index contributed by atoms with van der Waals surface area (Å²) in [5.74, 6) is 2.44. The number of hydrogen-bond acceptors (Lipinski definition) is 4. The number of hydrogen-bond donors (Lipinski definition) is 1. The van der Waals surface area contributed by atoms with E-state index in [4.69, 9.17) is 0 Å². The molecule has 0 saturated carbocycles. The lowest BCUT2D eigenvalue weighted by Gasteiger charge is -2.22. The van der Waals surface area contributed by atoms with E-state index in [1.54, 1.807) is 7.05 Å². The van der Waals surface area contributed by atoms with Crippen LogP contribution in [0.4, 0.5) is 5.82 Å². The zero-order valence-electron chi connectivity index (χ0n) is 35.3. The van der Waals surface area contributed by atoms with E-state index < -0.39 is 5.56 Å². The van der Waals surface area contributed by atoms with Gasteiger partial charge in [-0.3, -0.25) is 10.1 Å². The van der Waals surface area contributed by atoms with E-state index >= 15 is 0 Å². The Kier molecular flexibility index (Phi) is 32.4. The minimum atomic E-state index is -0.396. The van der Waals surface area contributed by atoms with Crippen LogP contribution in [0.15, 0.2) is 9.59 Å². The number of rotatable bonds is 40. The SMILES string of the molecule is CCCCCCC(CCCCCC)CCCCCCCCN(CCCCCCCCCC(CCCC)CCCC)CCCNc1c(=O)c(=O)[n+]1C. The van der Waals surface area contributed by atoms with E-state index in [1.807, 2.05) is 0 Å². The molecule has 0 atom stereocenters. The number of unbranched alkanes of at least 4 members (excludes halogenated alkanes) is 19. The monoisotopic (exact) mass is 717 g/mol. The van der Waals surface area contributed by atoms with Crippen molar-refractivity contribution in [2.75, 3.05) is 31.5 Å². The molecule has 0 aliphatic rings. The van der Waals surface area contributed by atoms with Gasteiger partial charge < -0.3 is 4.90 Å². The fourth-order valence-corrected chi connectivity index (χ4v) is 8.20. The molecule has 0 amide bonds. The van der Waals surface area contributed by atoms with Crippen LogP contribution < -0.4 is 20.9 Å². The zero-order valence-corrected chi connectivity index (χ0v) is 35.3. The first-order valence-electron chi connectivity index (χ1n) is 23.1. The molecule has 0 saturated heterocycles. The molecule has 1 rings (SSSR count). The van der Waals surface area contributed by atoms with Crippen LogP contribution >= 0.6 is 0 Å². The van der Waals surface area contributed by atoms with Crippen molar-refractivity contribution in [3.05, 3.63) is 20.6 Å². The van der Waals surface area contributed by atoms with Crippen LogP contribution in [0.5, 0.6) is 0 Å². The molecule has 0 aromatic carbocycles. The van der Waals surface area contributed by atoms with E-state index in [9.17, 15) is 9.59 Å². The average Bonchev–Trinajstić information content (AvgIpc) is 3.14. The van der Waals surface area contributed by atoms with E-state index in [0.717, 1.165) is 31.3 Å². The minimum absolute atomic E-state index is 0.364. The Morgan fingerprint density at radius 3 is 1.18 bits per heavy atom. The minimum Gasteiger partial charge on any atom is -0.303 e.